The zero-order valence-electron chi connectivity index (χ0n) is 10.3. The van der Waals surface area contributed by atoms with Crippen LogP contribution in [0.5, 0.6) is 0 Å². The molecule has 1 aliphatic heterocycles. The third-order valence-corrected chi connectivity index (χ3v) is 2.84. The number of ether oxygens (including phenoxy) is 1. The van der Waals surface area contributed by atoms with Gasteiger partial charge in [0.25, 0.3) is 5.91 Å². The highest BCUT2D eigenvalue weighted by molar-refractivity contribution is 5.93. The summed E-state index contributed by atoms with van der Waals surface area (Å²) in [5.74, 6) is -0.224. The van der Waals surface area contributed by atoms with Gasteiger partial charge in [-0.05, 0) is 12.1 Å². The van der Waals surface area contributed by atoms with Gasteiger partial charge in [0.2, 0.25) is 0 Å². The number of nitrogens with zero attached hydrogens (tertiary/aromatic N) is 2. The first-order valence-corrected chi connectivity index (χ1v) is 5.94. The number of nitrogens with one attached hydrogen (secondary N) is 1. The zero-order valence-corrected chi connectivity index (χ0v) is 10.3. The second kappa shape index (κ2) is 6.14. The van der Waals surface area contributed by atoms with E-state index < -0.39 is 6.09 Å². The number of amides is 2. The Balaban J connectivity index is 1.82. The lowest BCUT2D eigenvalue weighted by atomic mass is 10.2. The minimum absolute atomic E-state index is 0.224. The quantitative estimate of drug-likeness (QED) is 0.814. The van der Waals surface area contributed by atoms with Crippen LogP contribution in [0, 0.1) is 0 Å². The van der Waals surface area contributed by atoms with Gasteiger partial charge >= 0.3 is 6.09 Å². The monoisotopic (exact) mass is 265 g/mol. The summed E-state index contributed by atoms with van der Waals surface area (Å²) in [5, 5.41) is 11.6. The molecule has 0 aromatic carbocycles. The van der Waals surface area contributed by atoms with Crippen molar-refractivity contribution in [1.29, 1.82) is 0 Å². The van der Waals surface area contributed by atoms with E-state index in [1.807, 2.05) is 0 Å². The predicted molar refractivity (Wildman–Crippen MR) is 65.9 cm³/mol. The zero-order chi connectivity index (χ0) is 13.7. The SMILES string of the molecule is O=C(NCC1CN(C(=O)O)CCO1)c1ccncc1. The topological polar surface area (TPSA) is 91.8 Å². The molecule has 1 aromatic rings. The van der Waals surface area contributed by atoms with Crippen LogP contribution in [-0.2, 0) is 4.74 Å². The molecule has 2 N–H and O–H groups in total. The number of hydrogen-bond acceptors (Lipinski definition) is 4. The fourth-order valence-corrected chi connectivity index (χ4v) is 1.83. The molecule has 102 valence electrons. The Kier molecular flexibility index (Phi) is 4.30. The van der Waals surface area contributed by atoms with Gasteiger partial charge in [0.05, 0.1) is 19.3 Å². The van der Waals surface area contributed by atoms with Crippen LogP contribution in [0.1, 0.15) is 10.4 Å². The van der Waals surface area contributed by atoms with Crippen LogP contribution in [0.25, 0.3) is 0 Å². The summed E-state index contributed by atoms with van der Waals surface area (Å²) in [4.78, 5) is 27.7. The maximum Gasteiger partial charge on any atom is 0.407 e. The number of aromatic nitrogens is 1. The molecule has 0 radical (unpaired) electrons. The van der Waals surface area contributed by atoms with Crippen LogP contribution >= 0.6 is 0 Å². The average molecular weight is 265 g/mol. The lowest BCUT2D eigenvalue weighted by Crippen LogP contribution is -2.49. The molecule has 7 nitrogen and oxygen atoms in total. The molecule has 0 bridgehead atoms. The fourth-order valence-electron chi connectivity index (χ4n) is 1.83. The lowest BCUT2D eigenvalue weighted by molar-refractivity contribution is -0.0199. The summed E-state index contributed by atoms with van der Waals surface area (Å²) in [6.07, 6.45) is 1.81. The maximum atomic E-state index is 11.8. The molecule has 7 heteroatoms. The van der Waals surface area contributed by atoms with Crippen LogP contribution in [0.3, 0.4) is 0 Å². The Morgan fingerprint density at radius 1 is 1.47 bits per heavy atom. The van der Waals surface area contributed by atoms with Crippen molar-refractivity contribution in [3.05, 3.63) is 30.1 Å². The molecule has 1 aromatic heterocycles. The van der Waals surface area contributed by atoms with E-state index in [-0.39, 0.29) is 25.1 Å². The van der Waals surface area contributed by atoms with Crippen molar-refractivity contribution in [2.45, 2.75) is 6.10 Å². The Hall–Kier alpha value is -2.15. The maximum absolute atomic E-state index is 11.8. The Labute approximate surface area is 110 Å². The van der Waals surface area contributed by atoms with Gasteiger partial charge in [-0.25, -0.2) is 4.79 Å². The molecule has 1 aliphatic rings. The summed E-state index contributed by atoms with van der Waals surface area (Å²) < 4.78 is 5.41. The van der Waals surface area contributed by atoms with E-state index in [0.717, 1.165) is 0 Å². The first-order valence-electron chi connectivity index (χ1n) is 5.94. The standard InChI is InChI=1S/C12H15N3O4/c16-11(9-1-3-13-4-2-9)14-7-10-8-15(12(17)18)5-6-19-10/h1-4,10H,5-8H2,(H,14,16)(H,17,18). The second-order valence-electron chi connectivity index (χ2n) is 4.17. The number of carboxylic acid groups (broad SMARTS) is 1. The largest absolute Gasteiger partial charge is 0.465 e. The Bertz CT molecular complexity index is 452. The highest BCUT2D eigenvalue weighted by Gasteiger charge is 2.24. The molecule has 1 atom stereocenters. The fraction of sp³-hybridized carbons (Fsp3) is 0.417. The van der Waals surface area contributed by atoms with Crippen molar-refractivity contribution in [1.82, 2.24) is 15.2 Å². The van der Waals surface area contributed by atoms with Crippen LogP contribution in [0.4, 0.5) is 4.79 Å². The van der Waals surface area contributed by atoms with Crippen molar-refractivity contribution in [2.75, 3.05) is 26.2 Å². The van der Waals surface area contributed by atoms with Gasteiger partial charge < -0.3 is 20.1 Å². The molecule has 0 aliphatic carbocycles. The number of carbonyl (C=O) groups is 2. The summed E-state index contributed by atoms with van der Waals surface area (Å²) >= 11 is 0. The van der Waals surface area contributed by atoms with E-state index in [4.69, 9.17) is 9.84 Å². The van der Waals surface area contributed by atoms with Crippen LogP contribution in [0.15, 0.2) is 24.5 Å². The molecular formula is C12H15N3O4. The van der Waals surface area contributed by atoms with Gasteiger partial charge in [0.15, 0.2) is 0 Å². The number of rotatable bonds is 3. The molecule has 0 saturated carbocycles. The van der Waals surface area contributed by atoms with E-state index in [2.05, 4.69) is 10.3 Å². The summed E-state index contributed by atoms with van der Waals surface area (Å²) in [7, 11) is 0. The highest BCUT2D eigenvalue weighted by Crippen LogP contribution is 2.05. The molecule has 1 unspecified atom stereocenters. The van der Waals surface area contributed by atoms with Crippen molar-refractivity contribution < 1.29 is 19.4 Å². The lowest BCUT2D eigenvalue weighted by Gasteiger charge is -2.31. The van der Waals surface area contributed by atoms with E-state index in [9.17, 15) is 9.59 Å². The highest BCUT2D eigenvalue weighted by atomic mass is 16.5. The minimum atomic E-state index is -0.964. The van der Waals surface area contributed by atoms with Crippen molar-refractivity contribution in [3.63, 3.8) is 0 Å². The van der Waals surface area contributed by atoms with Crippen molar-refractivity contribution in [2.24, 2.45) is 0 Å². The van der Waals surface area contributed by atoms with E-state index in [1.165, 1.54) is 17.3 Å². The Morgan fingerprint density at radius 2 is 2.21 bits per heavy atom. The Morgan fingerprint density at radius 3 is 2.89 bits per heavy atom. The molecule has 2 amide bonds. The molecular weight excluding hydrogens is 250 g/mol. The van der Waals surface area contributed by atoms with Gasteiger partial charge in [0, 0.05) is 31.0 Å². The van der Waals surface area contributed by atoms with E-state index in [1.54, 1.807) is 12.1 Å². The van der Waals surface area contributed by atoms with E-state index >= 15 is 0 Å². The molecule has 19 heavy (non-hydrogen) atoms. The van der Waals surface area contributed by atoms with Gasteiger partial charge in [0.1, 0.15) is 0 Å². The third kappa shape index (κ3) is 3.65. The molecule has 2 rings (SSSR count). The first-order chi connectivity index (χ1) is 9.16. The summed E-state index contributed by atoms with van der Waals surface area (Å²) in [5.41, 5.74) is 0.515. The smallest absolute Gasteiger partial charge is 0.407 e. The van der Waals surface area contributed by atoms with Crippen molar-refractivity contribution >= 4 is 12.0 Å². The number of morpholine rings is 1. The average Bonchev–Trinajstić information content (AvgIpc) is 2.46. The second-order valence-corrected chi connectivity index (χ2v) is 4.17. The normalized spacial score (nSPS) is 18.9. The minimum Gasteiger partial charge on any atom is -0.465 e. The van der Waals surface area contributed by atoms with Crippen LogP contribution in [0.2, 0.25) is 0 Å². The number of pyridine rings is 1. The first kappa shape index (κ1) is 13.3. The van der Waals surface area contributed by atoms with Crippen LogP contribution in [-0.4, -0.2) is 59.3 Å². The molecule has 2 heterocycles. The van der Waals surface area contributed by atoms with Gasteiger partial charge in [-0.2, -0.15) is 0 Å². The number of hydrogen-bond donors (Lipinski definition) is 2. The summed E-state index contributed by atoms with van der Waals surface area (Å²) in [6, 6.07) is 3.22. The third-order valence-electron chi connectivity index (χ3n) is 2.84. The molecule has 1 fully saturated rings. The number of carbonyl (C=O) groups excluding carboxylic acids is 1. The van der Waals surface area contributed by atoms with Gasteiger partial charge in [-0.3, -0.25) is 9.78 Å². The van der Waals surface area contributed by atoms with Crippen LogP contribution < -0.4 is 5.32 Å². The molecule has 0 spiro atoms. The summed E-state index contributed by atoms with van der Waals surface area (Å²) in [6.45, 7) is 1.27. The van der Waals surface area contributed by atoms with Crippen molar-refractivity contribution in [3.8, 4) is 0 Å². The molecule has 1 saturated heterocycles. The predicted octanol–water partition coefficient (Wildman–Crippen LogP) is 0.190. The van der Waals surface area contributed by atoms with Gasteiger partial charge in [-0.1, -0.05) is 0 Å². The van der Waals surface area contributed by atoms with E-state index in [0.29, 0.717) is 18.7 Å². The van der Waals surface area contributed by atoms with Gasteiger partial charge in [-0.15, -0.1) is 0 Å².